The number of halogens is 2. The molecular weight excluding hydrogens is 398 g/mol. The first-order valence-electron chi connectivity index (χ1n) is 10.9. The Bertz CT molecular complexity index is 1230. The van der Waals surface area contributed by atoms with E-state index < -0.39 is 0 Å². The molecule has 0 unspecified atom stereocenters. The monoisotopic (exact) mass is 424 g/mol. The third kappa shape index (κ3) is 3.35. The number of aryl methyl sites for hydroxylation is 1. The van der Waals surface area contributed by atoms with E-state index in [4.69, 9.17) is 4.74 Å². The molecule has 1 saturated carbocycles. The smallest absolute Gasteiger partial charge is 0.182 e. The minimum absolute atomic E-state index is 0.253. The third-order valence-electron chi connectivity index (χ3n) is 6.67. The quantitative estimate of drug-likeness (QED) is 0.320. The topological polar surface area (TPSA) is 9.23 Å². The molecule has 156 valence electrons. The van der Waals surface area contributed by atoms with Gasteiger partial charge in [-0.05, 0) is 66.3 Å². The van der Waals surface area contributed by atoms with Crippen LogP contribution in [-0.4, -0.2) is 6.61 Å². The van der Waals surface area contributed by atoms with Crippen LogP contribution in [0.15, 0.2) is 36.4 Å². The Labute approximate surface area is 179 Å². The summed E-state index contributed by atoms with van der Waals surface area (Å²) < 4.78 is 37.5. The van der Waals surface area contributed by atoms with Crippen LogP contribution >= 0.6 is 11.3 Å². The van der Waals surface area contributed by atoms with Crippen LogP contribution in [0.25, 0.3) is 30.9 Å². The zero-order valence-corrected chi connectivity index (χ0v) is 18.3. The fraction of sp³-hybridized carbons (Fsp3) is 0.385. The molecule has 30 heavy (non-hydrogen) atoms. The highest BCUT2D eigenvalue weighted by Crippen LogP contribution is 2.42. The van der Waals surface area contributed by atoms with Crippen molar-refractivity contribution in [1.29, 1.82) is 0 Å². The molecular formula is C26H26F2OS. The lowest BCUT2D eigenvalue weighted by atomic mass is 9.83. The van der Waals surface area contributed by atoms with Crippen LogP contribution in [0.3, 0.4) is 0 Å². The van der Waals surface area contributed by atoms with Gasteiger partial charge < -0.3 is 4.74 Å². The Kier molecular flexibility index (Phi) is 5.14. The largest absolute Gasteiger partial charge is 0.490 e. The average Bonchev–Trinajstić information content (AvgIpc) is 3.14. The number of benzene rings is 3. The van der Waals surface area contributed by atoms with Crippen LogP contribution in [0.5, 0.6) is 5.75 Å². The molecule has 1 heterocycles. The summed E-state index contributed by atoms with van der Waals surface area (Å²) in [6.07, 6.45) is 5.59. The predicted octanol–water partition coefficient (Wildman–Crippen LogP) is 8.25. The summed E-state index contributed by atoms with van der Waals surface area (Å²) in [5.74, 6) is 0.944. The van der Waals surface area contributed by atoms with E-state index in [2.05, 4.69) is 13.8 Å². The van der Waals surface area contributed by atoms with Gasteiger partial charge in [0.05, 0.1) is 16.0 Å². The van der Waals surface area contributed by atoms with Gasteiger partial charge in [-0.2, -0.15) is 0 Å². The van der Waals surface area contributed by atoms with E-state index in [0.717, 1.165) is 46.9 Å². The van der Waals surface area contributed by atoms with Gasteiger partial charge >= 0.3 is 0 Å². The van der Waals surface area contributed by atoms with Crippen molar-refractivity contribution in [3.05, 3.63) is 53.6 Å². The van der Waals surface area contributed by atoms with Crippen LogP contribution in [0.1, 0.15) is 45.1 Å². The maximum atomic E-state index is 15.3. The van der Waals surface area contributed by atoms with Crippen LogP contribution in [0.4, 0.5) is 8.78 Å². The highest BCUT2D eigenvalue weighted by molar-refractivity contribution is 7.26. The van der Waals surface area contributed by atoms with E-state index in [1.165, 1.54) is 24.2 Å². The van der Waals surface area contributed by atoms with Gasteiger partial charge in [-0.25, -0.2) is 8.78 Å². The molecule has 1 fully saturated rings. The predicted molar refractivity (Wildman–Crippen MR) is 123 cm³/mol. The third-order valence-corrected chi connectivity index (χ3v) is 7.88. The second-order valence-corrected chi connectivity index (χ2v) is 9.79. The second-order valence-electron chi connectivity index (χ2n) is 8.77. The number of ether oxygens (including phenoxy) is 1. The zero-order valence-electron chi connectivity index (χ0n) is 17.4. The van der Waals surface area contributed by atoms with Gasteiger partial charge in [-0.3, -0.25) is 0 Å². The SMILES string of the molecule is CCc1ccc2cc3c(sc4c(F)c(OCC5CCC(C)CC5)ccc43)c(F)c2c1. The van der Waals surface area contributed by atoms with Gasteiger partial charge in [0.2, 0.25) is 0 Å². The summed E-state index contributed by atoms with van der Waals surface area (Å²) >= 11 is 1.19. The zero-order chi connectivity index (χ0) is 20.8. The summed E-state index contributed by atoms with van der Waals surface area (Å²) in [6.45, 7) is 4.90. The van der Waals surface area contributed by atoms with Gasteiger partial charge in [-0.15, -0.1) is 11.3 Å². The van der Waals surface area contributed by atoms with Gasteiger partial charge in [0.25, 0.3) is 0 Å². The average molecular weight is 425 g/mol. The van der Waals surface area contributed by atoms with Crippen molar-refractivity contribution in [2.75, 3.05) is 6.61 Å². The summed E-state index contributed by atoms with van der Waals surface area (Å²) in [5.41, 5.74) is 1.10. The van der Waals surface area contributed by atoms with Crippen molar-refractivity contribution in [2.45, 2.75) is 46.0 Å². The van der Waals surface area contributed by atoms with E-state index in [-0.39, 0.29) is 17.4 Å². The molecule has 0 saturated heterocycles. The standard InChI is InChI=1S/C26H26F2OS/c1-3-16-8-9-18-13-21-19-10-11-22(29-14-17-6-4-15(2)5-7-17)24(28)25(19)30-26(21)23(27)20(18)12-16/h8-13,15,17H,3-7,14H2,1-2H3. The Morgan fingerprint density at radius 1 is 0.900 bits per heavy atom. The molecule has 0 radical (unpaired) electrons. The minimum Gasteiger partial charge on any atom is -0.490 e. The van der Waals surface area contributed by atoms with Crippen LogP contribution in [-0.2, 0) is 6.42 Å². The Morgan fingerprint density at radius 3 is 2.43 bits per heavy atom. The fourth-order valence-electron chi connectivity index (χ4n) is 4.67. The first-order chi connectivity index (χ1) is 14.5. The molecule has 5 rings (SSSR count). The molecule has 0 atom stereocenters. The van der Waals surface area contributed by atoms with E-state index in [9.17, 15) is 0 Å². The number of hydrogen-bond acceptors (Lipinski definition) is 2. The Hall–Kier alpha value is -2.20. The maximum Gasteiger partial charge on any atom is 0.182 e. The van der Waals surface area contributed by atoms with Crippen LogP contribution < -0.4 is 4.74 Å². The Morgan fingerprint density at radius 2 is 1.67 bits per heavy atom. The molecule has 0 aliphatic heterocycles. The number of thiophene rings is 1. The van der Waals surface area contributed by atoms with Crippen molar-refractivity contribution in [2.24, 2.45) is 11.8 Å². The van der Waals surface area contributed by atoms with Crippen molar-refractivity contribution in [3.8, 4) is 5.75 Å². The molecule has 0 spiro atoms. The Balaban J connectivity index is 1.53. The van der Waals surface area contributed by atoms with E-state index >= 15 is 8.78 Å². The number of rotatable bonds is 4. The second kappa shape index (κ2) is 7.81. The molecule has 1 aliphatic carbocycles. The molecule has 0 N–H and O–H groups in total. The molecule has 3 aromatic carbocycles. The molecule has 1 aromatic heterocycles. The number of fused-ring (bicyclic) bond motifs is 4. The van der Waals surface area contributed by atoms with Gasteiger partial charge in [-0.1, -0.05) is 38.8 Å². The minimum atomic E-state index is -0.365. The first-order valence-corrected chi connectivity index (χ1v) is 11.8. The summed E-state index contributed by atoms with van der Waals surface area (Å²) in [7, 11) is 0. The molecule has 0 bridgehead atoms. The van der Waals surface area contributed by atoms with Gasteiger partial charge in [0.1, 0.15) is 5.82 Å². The van der Waals surface area contributed by atoms with Crippen molar-refractivity contribution in [1.82, 2.24) is 0 Å². The summed E-state index contributed by atoms with van der Waals surface area (Å²) in [6, 6.07) is 11.5. The first kappa shape index (κ1) is 19.7. The van der Waals surface area contributed by atoms with E-state index in [1.807, 2.05) is 30.3 Å². The molecule has 1 nitrogen and oxygen atoms in total. The van der Waals surface area contributed by atoms with Crippen molar-refractivity contribution in [3.63, 3.8) is 0 Å². The van der Waals surface area contributed by atoms with Crippen molar-refractivity contribution < 1.29 is 13.5 Å². The highest BCUT2D eigenvalue weighted by atomic mass is 32.1. The van der Waals surface area contributed by atoms with Crippen molar-refractivity contribution >= 4 is 42.3 Å². The normalized spacial score (nSPS) is 19.7. The van der Waals surface area contributed by atoms with E-state index in [0.29, 0.717) is 27.3 Å². The van der Waals surface area contributed by atoms with Crippen LogP contribution in [0, 0.1) is 23.5 Å². The molecule has 4 heteroatoms. The summed E-state index contributed by atoms with van der Waals surface area (Å²) in [4.78, 5) is 0. The van der Waals surface area contributed by atoms with Crippen LogP contribution in [0.2, 0.25) is 0 Å². The molecule has 4 aromatic rings. The molecule has 1 aliphatic rings. The lowest BCUT2D eigenvalue weighted by Gasteiger charge is -2.26. The van der Waals surface area contributed by atoms with E-state index in [1.54, 1.807) is 6.07 Å². The fourth-order valence-corrected chi connectivity index (χ4v) is 5.83. The highest BCUT2D eigenvalue weighted by Gasteiger charge is 2.21. The lowest BCUT2D eigenvalue weighted by Crippen LogP contribution is -2.19. The summed E-state index contributed by atoms with van der Waals surface area (Å²) in [5, 5.41) is 2.99. The van der Waals surface area contributed by atoms with Gasteiger partial charge in [0, 0.05) is 16.2 Å². The van der Waals surface area contributed by atoms with Gasteiger partial charge in [0.15, 0.2) is 11.6 Å². The molecule has 0 amide bonds. The maximum absolute atomic E-state index is 15.3. The lowest BCUT2D eigenvalue weighted by molar-refractivity contribution is 0.183. The number of hydrogen-bond donors (Lipinski definition) is 0.